The second-order valence-electron chi connectivity index (χ2n) is 4.69. The molecule has 2 amide bonds. The molecule has 0 fully saturated rings. The lowest BCUT2D eigenvalue weighted by molar-refractivity contribution is -0.114. The number of carbonyl (C=O) groups is 2. The van der Waals surface area contributed by atoms with Gasteiger partial charge in [-0.1, -0.05) is 12.1 Å². The topological polar surface area (TPSA) is 83.5 Å². The van der Waals surface area contributed by atoms with Gasteiger partial charge in [-0.05, 0) is 36.8 Å². The molecule has 22 heavy (non-hydrogen) atoms. The molecule has 1 aromatic heterocycles. The molecule has 112 valence electrons. The van der Waals surface area contributed by atoms with Crippen molar-refractivity contribution in [2.45, 2.75) is 13.8 Å². The Bertz CT molecular complexity index is 708. The van der Waals surface area contributed by atoms with Crippen LogP contribution in [0.15, 0.2) is 47.7 Å². The fourth-order valence-electron chi connectivity index (χ4n) is 1.77. The number of benzene rings is 1. The van der Waals surface area contributed by atoms with Gasteiger partial charge in [0.1, 0.15) is 0 Å². The third-order valence-electron chi connectivity index (χ3n) is 2.77. The summed E-state index contributed by atoms with van der Waals surface area (Å²) in [6.45, 7) is 3.27. The zero-order valence-corrected chi connectivity index (χ0v) is 12.3. The first-order valence-corrected chi connectivity index (χ1v) is 6.68. The number of anilines is 1. The molecule has 0 aliphatic rings. The maximum Gasteiger partial charge on any atom is 0.271 e. The summed E-state index contributed by atoms with van der Waals surface area (Å²) in [7, 11) is 0. The van der Waals surface area contributed by atoms with Gasteiger partial charge in [-0.3, -0.25) is 14.6 Å². The number of carbonyl (C=O) groups excluding carboxylic acids is 2. The van der Waals surface area contributed by atoms with E-state index in [1.54, 1.807) is 42.6 Å². The van der Waals surface area contributed by atoms with E-state index in [0.29, 0.717) is 11.3 Å². The largest absolute Gasteiger partial charge is 0.326 e. The van der Waals surface area contributed by atoms with Crippen LogP contribution in [0, 0.1) is 6.92 Å². The van der Waals surface area contributed by atoms with E-state index in [4.69, 9.17) is 0 Å². The molecule has 1 aromatic carbocycles. The molecular formula is C16H16N4O2. The molecule has 2 rings (SSSR count). The van der Waals surface area contributed by atoms with E-state index >= 15 is 0 Å². The summed E-state index contributed by atoms with van der Waals surface area (Å²) in [5.41, 5.74) is 5.24. The van der Waals surface area contributed by atoms with E-state index in [2.05, 4.69) is 20.8 Å². The lowest BCUT2D eigenvalue weighted by Crippen LogP contribution is -2.17. The quantitative estimate of drug-likeness (QED) is 0.669. The van der Waals surface area contributed by atoms with Crippen LogP contribution < -0.4 is 10.7 Å². The molecule has 0 aliphatic heterocycles. The second-order valence-corrected chi connectivity index (χ2v) is 4.69. The lowest BCUT2D eigenvalue weighted by atomic mass is 10.2. The zero-order valence-electron chi connectivity index (χ0n) is 12.3. The Hall–Kier alpha value is -3.02. The van der Waals surface area contributed by atoms with Crippen molar-refractivity contribution in [1.82, 2.24) is 10.4 Å². The van der Waals surface area contributed by atoms with Gasteiger partial charge in [-0.2, -0.15) is 5.10 Å². The Balaban J connectivity index is 1.94. The summed E-state index contributed by atoms with van der Waals surface area (Å²) >= 11 is 0. The first kappa shape index (κ1) is 15.4. The normalized spacial score (nSPS) is 10.5. The van der Waals surface area contributed by atoms with Crippen molar-refractivity contribution in [2.24, 2.45) is 5.10 Å². The van der Waals surface area contributed by atoms with Gasteiger partial charge >= 0.3 is 0 Å². The highest BCUT2D eigenvalue weighted by Gasteiger charge is 2.03. The van der Waals surface area contributed by atoms with Crippen LogP contribution in [0.25, 0.3) is 0 Å². The molecule has 6 nitrogen and oxygen atoms in total. The van der Waals surface area contributed by atoms with E-state index in [-0.39, 0.29) is 11.8 Å². The Kier molecular flexibility index (Phi) is 4.98. The van der Waals surface area contributed by atoms with Crippen LogP contribution in [0.1, 0.15) is 28.5 Å². The first-order chi connectivity index (χ1) is 10.5. The highest BCUT2D eigenvalue weighted by molar-refractivity contribution is 5.95. The van der Waals surface area contributed by atoms with Gasteiger partial charge in [-0.15, -0.1) is 0 Å². The number of hydrogen-bond acceptors (Lipinski definition) is 4. The van der Waals surface area contributed by atoms with E-state index in [1.807, 2.05) is 6.92 Å². The molecule has 1 heterocycles. The zero-order chi connectivity index (χ0) is 15.9. The SMILES string of the molecule is CC(=O)Nc1ccc(/C=N/NC(=O)c2ccnc(C)c2)cc1. The minimum Gasteiger partial charge on any atom is -0.326 e. The monoisotopic (exact) mass is 296 g/mol. The van der Waals surface area contributed by atoms with Crippen molar-refractivity contribution >= 4 is 23.7 Å². The van der Waals surface area contributed by atoms with Gasteiger partial charge in [0.05, 0.1) is 6.21 Å². The number of rotatable bonds is 4. The van der Waals surface area contributed by atoms with Crippen LogP contribution in [0.3, 0.4) is 0 Å². The fraction of sp³-hybridized carbons (Fsp3) is 0.125. The van der Waals surface area contributed by atoms with E-state index in [1.165, 1.54) is 13.1 Å². The number of amides is 2. The van der Waals surface area contributed by atoms with E-state index in [0.717, 1.165) is 11.3 Å². The van der Waals surface area contributed by atoms with Gasteiger partial charge in [0.25, 0.3) is 5.91 Å². The Morgan fingerprint density at radius 3 is 2.55 bits per heavy atom. The van der Waals surface area contributed by atoms with Crippen molar-refractivity contribution in [1.29, 1.82) is 0 Å². The van der Waals surface area contributed by atoms with Crippen LogP contribution in [0.2, 0.25) is 0 Å². The Morgan fingerprint density at radius 2 is 1.91 bits per heavy atom. The molecule has 6 heteroatoms. The highest BCUT2D eigenvalue weighted by Crippen LogP contribution is 2.08. The van der Waals surface area contributed by atoms with Gasteiger partial charge in [0, 0.05) is 30.1 Å². The van der Waals surface area contributed by atoms with Crippen molar-refractivity contribution in [3.05, 3.63) is 59.4 Å². The predicted molar refractivity (Wildman–Crippen MR) is 84.8 cm³/mol. The number of pyridine rings is 1. The smallest absolute Gasteiger partial charge is 0.271 e. The maximum atomic E-state index is 11.9. The minimum absolute atomic E-state index is 0.124. The van der Waals surface area contributed by atoms with Gasteiger partial charge in [0.15, 0.2) is 0 Å². The molecule has 0 bridgehead atoms. The minimum atomic E-state index is -0.295. The number of nitrogens with one attached hydrogen (secondary N) is 2. The molecular weight excluding hydrogens is 280 g/mol. The average Bonchev–Trinajstić information content (AvgIpc) is 2.48. The van der Waals surface area contributed by atoms with Gasteiger partial charge in [-0.25, -0.2) is 5.43 Å². The number of hydrazone groups is 1. The van der Waals surface area contributed by atoms with Gasteiger partial charge < -0.3 is 5.32 Å². The molecule has 0 spiro atoms. The Morgan fingerprint density at radius 1 is 1.18 bits per heavy atom. The summed E-state index contributed by atoms with van der Waals surface area (Å²) in [6.07, 6.45) is 3.11. The summed E-state index contributed by atoms with van der Waals surface area (Å²) in [5, 5.41) is 6.58. The predicted octanol–water partition coefficient (Wildman–Crippen LogP) is 2.11. The number of nitrogens with zero attached hydrogens (tertiary/aromatic N) is 2. The lowest BCUT2D eigenvalue weighted by Gasteiger charge is -2.02. The molecule has 0 radical (unpaired) electrons. The molecule has 0 aliphatic carbocycles. The standard InChI is InChI=1S/C16H16N4O2/c1-11-9-14(7-8-17-11)16(22)20-18-10-13-3-5-15(6-4-13)19-12(2)21/h3-10H,1-2H3,(H,19,21)(H,20,22)/b18-10+. The first-order valence-electron chi connectivity index (χ1n) is 6.68. The third kappa shape index (κ3) is 4.52. The fourth-order valence-corrected chi connectivity index (χ4v) is 1.77. The molecule has 0 saturated heterocycles. The second kappa shape index (κ2) is 7.12. The van der Waals surface area contributed by atoms with Crippen LogP contribution in [-0.4, -0.2) is 23.0 Å². The Labute approximate surface area is 128 Å². The number of aromatic nitrogens is 1. The van der Waals surface area contributed by atoms with Crippen molar-refractivity contribution in [2.75, 3.05) is 5.32 Å². The van der Waals surface area contributed by atoms with Crippen LogP contribution >= 0.6 is 0 Å². The molecule has 0 saturated carbocycles. The van der Waals surface area contributed by atoms with Crippen LogP contribution in [-0.2, 0) is 4.79 Å². The van der Waals surface area contributed by atoms with Crippen LogP contribution in [0.4, 0.5) is 5.69 Å². The average molecular weight is 296 g/mol. The molecule has 2 N–H and O–H groups in total. The maximum absolute atomic E-state index is 11.9. The van der Waals surface area contributed by atoms with E-state index < -0.39 is 0 Å². The highest BCUT2D eigenvalue weighted by atomic mass is 16.2. The van der Waals surface area contributed by atoms with E-state index in [9.17, 15) is 9.59 Å². The summed E-state index contributed by atoms with van der Waals surface area (Å²) in [5.74, 6) is -0.419. The summed E-state index contributed by atoms with van der Waals surface area (Å²) in [6, 6.07) is 10.4. The van der Waals surface area contributed by atoms with Crippen molar-refractivity contribution in [3.63, 3.8) is 0 Å². The molecule has 2 aromatic rings. The van der Waals surface area contributed by atoms with Gasteiger partial charge in [0.2, 0.25) is 5.91 Å². The van der Waals surface area contributed by atoms with Crippen molar-refractivity contribution in [3.8, 4) is 0 Å². The summed E-state index contributed by atoms with van der Waals surface area (Å²) < 4.78 is 0. The molecule has 0 unspecified atom stereocenters. The number of aryl methyl sites for hydroxylation is 1. The van der Waals surface area contributed by atoms with Crippen LogP contribution in [0.5, 0.6) is 0 Å². The number of hydrogen-bond donors (Lipinski definition) is 2. The van der Waals surface area contributed by atoms with Crippen molar-refractivity contribution < 1.29 is 9.59 Å². The third-order valence-corrected chi connectivity index (χ3v) is 2.77. The summed E-state index contributed by atoms with van der Waals surface area (Å²) in [4.78, 5) is 26.8. The molecule has 0 atom stereocenters.